The van der Waals surface area contributed by atoms with Gasteiger partial charge in [-0.3, -0.25) is 0 Å². The average molecular weight is 541 g/mol. The van der Waals surface area contributed by atoms with Crippen LogP contribution in [0.4, 0.5) is 0 Å². The van der Waals surface area contributed by atoms with Crippen LogP contribution in [0.5, 0.6) is 0 Å². The van der Waals surface area contributed by atoms with E-state index in [1.54, 1.807) is 0 Å². The molecule has 0 aliphatic heterocycles. The molecule has 5 aliphatic carbocycles. The van der Waals surface area contributed by atoms with E-state index in [4.69, 9.17) is 9.84 Å². The molecule has 5 saturated carbocycles. The Balaban J connectivity index is 1.47. The van der Waals surface area contributed by atoms with Crippen molar-refractivity contribution in [2.24, 2.45) is 56.7 Å². The molecule has 0 spiro atoms. The van der Waals surface area contributed by atoms with E-state index in [9.17, 15) is 14.7 Å². The van der Waals surface area contributed by atoms with Crippen molar-refractivity contribution in [3.63, 3.8) is 0 Å². The number of hydrogen-bond donors (Lipinski definition) is 2. The molecular weight excluding hydrogens is 488 g/mol. The molecule has 1 unspecified atom stereocenters. The van der Waals surface area contributed by atoms with Gasteiger partial charge in [-0.15, -0.1) is 0 Å². The molecule has 0 heterocycles. The Labute approximate surface area is 235 Å². The number of fused-ring (bicyclic) bond motifs is 7. The number of esters is 1. The lowest BCUT2D eigenvalue weighted by atomic mass is 9.32. The van der Waals surface area contributed by atoms with Crippen LogP contribution >= 0.6 is 0 Å². The van der Waals surface area contributed by atoms with Crippen LogP contribution in [0.15, 0.2) is 24.3 Å². The van der Waals surface area contributed by atoms with E-state index in [1.807, 2.05) is 0 Å². The SMILES string of the molecule is C=C(C)C1CC[C@]2(COC(=O)/C=C\C(=O)O)CC[C@]3(C)[C@H](CC[C@@H]4[C@@]5(C)CC[C@H](O)C(C)(C)[C@@H]5CC[C@]43C)[C@@H]12. The summed E-state index contributed by atoms with van der Waals surface area (Å²) < 4.78 is 5.79. The number of carboxylic acids is 1. The largest absolute Gasteiger partial charge is 0.478 e. The Morgan fingerprint density at radius 1 is 0.872 bits per heavy atom. The standard InChI is InChI=1S/C34H52O5/c1-21(2)22-12-17-34(20-39-28(38)11-10-27(36)37)19-18-32(6)23(29(22)34)8-9-25-31(5)15-14-26(35)30(3,4)24(31)13-16-33(25,32)7/h10-11,22-26,29,35H,1,8-9,12-20H2,2-7H3,(H,36,37)/b11-10-/t22?,23-,24+,25-,26+,29-,31+,32-,33-,34-/m1/s1. The number of ether oxygens (including phenoxy) is 1. The summed E-state index contributed by atoms with van der Waals surface area (Å²) in [6.07, 6.45) is 13.0. The van der Waals surface area contributed by atoms with Crippen LogP contribution in [0.1, 0.15) is 106 Å². The highest BCUT2D eigenvalue weighted by Gasteiger charge is 2.70. The molecule has 5 fully saturated rings. The predicted molar refractivity (Wildman–Crippen MR) is 153 cm³/mol. The minimum absolute atomic E-state index is 0.0384. The Morgan fingerprint density at radius 2 is 1.59 bits per heavy atom. The van der Waals surface area contributed by atoms with Gasteiger partial charge in [-0.1, -0.05) is 46.8 Å². The second-order valence-corrected chi connectivity index (χ2v) is 15.7. The van der Waals surface area contributed by atoms with Crippen LogP contribution in [-0.4, -0.2) is 34.9 Å². The van der Waals surface area contributed by atoms with Gasteiger partial charge >= 0.3 is 11.9 Å². The lowest BCUT2D eigenvalue weighted by Gasteiger charge is -2.73. The number of aliphatic hydroxyl groups is 1. The monoisotopic (exact) mass is 540 g/mol. The molecule has 39 heavy (non-hydrogen) atoms. The summed E-state index contributed by atoms with van der Waals surface area (Å²) >= 11 is 0. The number of rotatable bonds is 5. The minimum Gasteiger partial charge on any atom is -0.478 e. The smallest absolute Gasteiger partial charge is 0.331 e. The maximum absolute atomic E-state index is 12.4. The molecule has 5 nitrogen and oxygen atoms in total. The summed E-state index contributed by atoms with van der Waals surface area (Å²) in [6.45, 7) is 19.4. The summed E-state index contributed by atoms with van der Waals surface area (Å²) in [5.74, 6) is 0.977. The van der Waals surface area contributed by atoms with E-state index in [2.05, 4.69) is 48.1 Å². The van der Waals surface area contributed by atoms with E-state index in [1.165, 1.54) is 31.3 Å². The first kappa shape index (κ1) is 28.9. The van der Waals surface area contributed by atoms with Gasteiger partial charge in [-0.25, -0.2) is 9.59 Å². The van der Waals surface area contributed by atoms with Crippen molar-refractivity contribution in [3.05, 3.63) is 24.3 Å². The maximum Gasteiger partial charge on any atom is 0.331 e. The van der Waals surface area contributed by atoms with Gasteiger partial charge in [0.25, 0.3) is 0 Å². The van der Waals surface area contributed by atoms with Gasteiger partial charge in [0.2, 0.25) is 0 Å². The first-order valence-electron chi connectivity index (χ1n) is 15.5. The lowest BCUT2D eigenvalue weighted by molar-refractivity contribution is -0.249. The zero-order valence-electron chi connectivity index (χ0n) is 25.2. The molecule has 0 aromatic rings. The van der Waals surface area contributed by atoms with Crippen LogP contribution in [0.25, 0.3) is 0 Å². The predicted octanol–water partition coefficient (Wildman–Crippen LogP) is 7.19. The number of carbonyl (C=O) groups is 2. The Kier molecular flexibility index (Phi) is 7.01. The topological polar surface area (TPSA) is 83.8 Å². The van der Waals surface area contributed by atoms with Gasteiger partial charge in [-0.05, 0) is 122 Å². The highest BCUT2D eigenvalue weighted by molar-refractivity contribution is 5.90. The Bertz CT molecular complexity index is 1060. The van der Waals surface area contributed by atoms with Gasteiger partial charge in [-0.2, -0.15) is 0 Å². The quantitative estimate of drug-likeness (QED) is 0.219. The van der Waals surface area contributed by atoms with Crippen LogP contribution in [0.3, 0.4) is 0 Å². The normalized spacial score (nSPS) is 48.4. The number of aliphatic carboxylic acids is 1. The summed E-state index contributed by atoms with van der Waals surface area (Å²) in [4.78, 5) is 23.3. The van der Waals surface area contributed by atoms with E-state index >= 15 is 0 Å². The highest BCUT2D eigenvalue weighted by atomic mass is 16.5. The number of carbonyl (C=O) groups excluding carboxylic acids is 1. The van der Waals surface area contributed by atoms with Gasteiger partial charge in [0, 0.05) is 17.6 Å². The summed E-state index contributed by atoms with van der Waals surface area (Å²) in [5.41, 5.74) is 1.88. The molecule has 5 rings (SSSR count). The third-order valence-corrected chi connectivity index (χ3v) is 14.1. The van der Waals surface area contributed by atoms with Crippen LogP contribution in [-0.2, 0) is 14.3 Å². The van der Waals surface area contributed by atoms with E-state index in [0.717, 1.165) is 50.7 Å². The first-order valence-corrected chi connectivity index (χ1v) is 15.5. The summed E-state index contributed by atoms with van der Waals surface area (Å²) in [5, 5.41) is 19.9. The third kappa shape index (κ3) is 4.10. The molecule has 218 valence electrons. The number of aliphatic hydroxyl groups excluding tert-OH is 1. The van der Waals surface area contributed by atoms with Crippen molar-refractivity contribution < 1.29 is 24.5 Å². The molecule has 5 heteroatoms. The fraction of sp³-hybridized carbons (Fsp3) is 0.824. The molecule has 10 atom stereocenters. The highest BCUT2D eigenvalue weighted by Crippen LogP contribution is 2.77. The number of carboxylic acid groups (broad SMARTS) is 1. The first-order chi connectivity index (χ1) is 18.1. The Hall–Kier alpha value is -1.62. The number of hydrogen-bond acceptors (Lipinski definition) is 4. The summed E-state index contributed by atoms with van der Waals surface area (Å²) in [6, 6.07) is 0. The van der Waals surface area contributed by atoms with Crippen molar-refractivity contribution >= 4 is 11.9 Å². The lowest BCUT2D eigenvalue weighted by Crippen LogP contribution is -2.66. The molecule has 0 bridgehead atoms. The van der Waals surface area contributed by atoms with Crippen molar-refractivity contribution in [1.82, 2.24) is 0 Å². The van der Waals surface area contributed by atoms with Crippen molar-refractivity contribution in [3.8, 4) is 0 Å². The molecule has 0 saturated heterocycles. The minimum atomic E-state index is -1.14. The molecular formula is C34H52O5. The molecule has 2 N–H and O–H groups in total. The molecule has 0 amide bonds. The molecule has 0 aromatic carbocycles. The van der Waals surface area contributed by atoms with Crippen molar-refractivity contribution in [2.45, 2.75) is 112 Å². The Morgan fingerprint density at radius 3 is 2.26 bits per heavy atom. The molecule has 5 aliphatic rings. The fourth-order valence-corrected chi connectivity index (χ4v) is 11.9. The maximum atomic E-state index is 12.4. The fourth-order valence-electron chi connectivity index (χ4n) is 11.9. The second-order valence-electron chi connectivity index (χ2n) is 15.7. The molecule has 0 aromatic heterocycles. The third-order valence-electron chi connectivity index (χ3n) is 14.1. The van der Waals surface area contributed by atoms with Crippen molar-refractivity contribution in [1.29, 1.82) is 0 Å². The van der Waals surface area contributed by atoms with Gasteiger partial charge in [0.1, 0.15) is 0 Å². The zero-order chi connectivity index (χ0) is 28.6. The van der Waals surface area contributed by atoms with Gasteiger partial charge < -0.3 is 14.9 Å². The van der Waals surface area contributed by atoms with E-state index in [0.29, 0.717) is 36.2 Å². The summed E-state index contributed by atoms with van der Waals surface area (Å²) in [7, 11) is 0. The van der Waals surface area contributed by atoms with Gasteiger partial charge in [0.05, 0.1) is 12.7 Å². The van der Waals surface area contributed by atoms with Crippen LogP contribution < -0.4 is 0 Å². The molecule has 0 radical (unpaired) electrons. The van der Waals surface area contributed by atoms with Gasteiger partial charge in [0.15, 0.2) is 0 Å². The van der Waals surface area contributed by atoms with Crippen LogP contribution in [0, 0.1) is 56.7 Å². The zero-order valence-corrected chi connectivity index (χ0v) is 25.2. The number of allylic oxidation sites excluding steroid dienone is 1. The van der Waals surface area contributed by atoms with E-state index in [-0.39, 0.29) is 33.2 Å². The average Bonchev–Trinajstić information content (AvgIpc) is 3.25. The van der Waals surface area contributed by atoms with E-state index < -0.39 is 11.9 Å². The second kappa shape index (κ2) is 9.46. The van der Waals surface area contributed by atoms with Crippen molar-refractivity contribution in [2.75, 3.05) is 6.61 Å². The van der Waals surface area contributed by atoms with Crippen LogP contribution in [0.2, 0.25) is 0 Å².